The maximum Gasteiger partial charge on any atom is 0.324 e. The molecule has 0 bridgehead atoms. The van der Waals surface area contributed by atoms with Gasteiger partial charge in [0.1, 0.15) is 0 Å². The highest BCUT2D eigenvalue weighted by molar-refractivity contribution is 6.36. The molecule has 0 aromatic heterocycles. The third kappa shape index (κ3) is 4.93. The van der Waals surface area contributed by atoms with Crippen molar-refractivity contribution in [2.45, 2.75) is 6.42 Å². The topological polar surface area (TPSA) is 99.0 Å². The molecule has 1 saturated heterocycles. The summed E-state index contributed by atoms with van der Waals surface area (Å²) in [5, 5.41) is 1.69. The Hall–Kier alpha value is -1.51. The first-order valence-corrected chi connectivity index (χ1v) is 6.29. The second-order valence-corrected chi connectivity index (χ2v) is 4.48. The van der Waals surface area contributed by atoms with Crippen molar-refractivity contribution in [3.63, 3.8) is 0 Å². The Morgan fingerprint density at radius 3 is 2.47 bits per heavy atom. The zero-order chi connectivity index (χ0) is 14.3. The zero-order valence-corrected chi connectivity index (χ0v) is 11.2. The summed E-state index contributed by atoms with van der Waals surface area (Å²) in [7, 11) is 1.99. The number of imide groups is 1. The lowest BCUT2D eigenvalue weighted by atomic mass is 10.3. The van der Waals surface area contributed by atoms with Gasteiger partial charge in [-0.15, -0.1) is 0 Å². The molecule has 3 N–H and O–H groups in total. The van der Waals surface area contributed by atoms with E-state index in [4.69, 9.17) is 5.73 Å². The van der Waals surface area contributed by atoms with Crippen molar-refractivity contribution in [1.82, 2.24) is 20.2 Å². The number of hydrazine groups is 1. The van der Waals surface area contributed by atoms with Crippen LogP contribution in [0, 0.1) is 0 Å². The van der Waals surface area contributed by atoms with Gasteiger partial charge in [-0.2, -0.15) is 0 Å². The Morgan fingerprint density at radius 2 is 1.95 bits per heavy atom. The molecule has 0 aromatic rings. The van der Waals surface area contributed by atoms with E-state index in [2.05, 4.69) is 10.3 Å². The quantitative estimate of drug-likeness (QED) is 0.427. The molecule has 8 nitrogen and oxygen atoms in total. The summed E-state index contributed by atoms with van der Waals surface area (Å²) < 4.78 is 0. The SMILES string of the molecule is CN1CCN(NC(=O)C(=O)N(C=O)CCCN)CC1. The second kappa shape index (κ2) is 7.82. The Kier molecular flexibility index (Phi) is 6.40. The van der Waals surface area contributed by atoms with Crippen molar-refractivity contribution in [3.05, 3.63) is 0 Å². The van der Waals surface area contributed by atoms with Crippen LogP contribution in [0.2, 0.25) is 0 Å². The maximum absolute atomic E-state index is 11.7. The van der Waals surface area contributed by atoms with E-state index in [1.807, 2.05) is 7.05 Å². The summed E-state index contributed by atoms with van der Waals surface area (Å²) >= 11 is 0. The maximum atomic E-state index is 11.7. The minimum Gasteiger partial charge on any atom is -0.330 e. The van der Waals surface area contributed by atoms with Gasteiger partial charge in [-0.3, -0.25) is 24.7 Å². The van der Waals surface area contributed by atoms with Gasteiger partial charge in [0.15, 0.2) is 0 Å². The van der Waals surface area contributed by atoms with Crippen molar-refractivity contribution in [2.75, 3.05) is 46.3 Å². The molecule has 1 rings (SSSR count). The molecule has 19 heavy (non-hydrogen) atoms. The van der Waals surface area contributed by atoms with Crippen molar-refractivity contribution < 1.29 is 14.4 Å². The van der Waals surface area contributed by atoms with Crippen molar-refractivity contribution >= 4 is 18.2 Å². The number of rotatable bonds is 5. The van der Waals surface area contributed by atoms with Gasteiger partial charge in [-0.25, -0.2) is 5.01 Å². The normalized spacial score (nSPS) is 16.9. The fourth-order valence-electron chi connectivity index (χ4n) is 1.70. The predicted octanol–water partition coefficient (Wildman–Crippen LogP) is -2.40. The first-order valence-electron chi connectivity index (χ1n) is 6.29. The van der Waals surface area contributed by atoms with E-state index in [1.165, 1.54) is 0 Å². The molecule has 0 aromatic carbocycles. The van der Waals surface area contributed by atoms with Crippen molar-refractivity contribution in [2.24, 2.45) is 5.73 Å². The first-order chi connectivity index (χ1) is 9.08. The fourth-order valence-corrected chi connectivity index (χ4v) is 1.70. The van der Waals surface area contributed by atoms with E-state index in [0.29, 0.717) is 32.5 Å². The Morgan fingerprint density at radius 1 is 1.32 bits per heavy atom. The van der Waals surface area contributed by atoms with Crippen LogP contribution in [0.1, 0.15) is 6.42 Å². The summed E-state index contributed by atoms with van der Waals surface area (Å²) in [4.78, 5) is 37.2. The number of hydrogen-bond acceptors (Lipinski definition) is 6. The molecule has 1 fully saturated rings. The number of amides is 3. The summed E-state index contributed by atoms with van der Waals surface area (Å²) in [6.07, 6.45) is 0.841. The highest BCUT2D eigenvalue weighted by atomic mass is 16.2. The number of carbonyl (C=O) groups is 3. The van der Waals surface area contributed by atoms with Crippen LogP contribution < -0.4 is 11.2 Å². The number of nitrogens with one attached hydrogen (secondary N) is 1. The lowest BCUT2D eigenvalue weighted by Gasteiger charge is -2.32. The molecule has 8 heteroatoms. The first kappa shape index (κ1) is 15.5. The van der Waals surface area contributed by atoms with Gasteiger partial charge in [0.25, 0.3) is 0 Å². The monoisotopic (exact) mass is 271 g/mol. The largest absolute Gasteiger partial charge is 0.330 e. The molecular weight excluding hydrogens is 250 g/mol. The van der Waals surface area contributed by atoms with Crippen LogP contribution in [0.3, 0.4) is 0 Å². The molecule has 0 unspecified atom stereocenters. The van der Waals surface area contributed by atoms with Crippen LogP contribution in [-0.4, -0.2) is 79.3 Å². The van der Waals surface area contributed by atoms with E-state index in [9.17, 15) is 14.4 Å². The highest BCUT2D eigenvalue weighted by Gasteiger charge is 2.24. The minimum absolute atomic E-state index is 0.162. The molecule has 1 aliphatic rings. The van der Waals surface area contributed by atoms with Crippen LogP contribution in [-0.2, 0) is 14.4 Å². The molecule has 1 heterocycles. The number of nitrogens with two attached hydrogens (primary N) is 1. The molecule has 108 valence electrons. The van der Waals surface area contributed by atoms with Crippen molar-refractivity contribution in [3.8, 4) is 0 Å². The third-order valence-electron chi connectivity index (χ3n) is 2.95. The van der Waals surface area contributed by atoms with Gasteiger partial charge >= 0.3 is 11.8 Å². The van der Waals surface area contributed by atoms with E-state index >= 15 is 0 Å². The average Bonchev–Trinajstić information content (AvgIpc) is 2.42. The van der Waals surface area contributed by atoms with Gasteiger partial charge in [-0.05, 0) is 20.0 Å². The van der Waals surface area contributed by atoms with Gasteiger partial charge in [0, 0.05) is 32.7 Å². The van der Waals surface area contributed by atoms with Crippen LogP contribution >= 0.6 is 0 Å². The Bertz CT molecular complexity index is 328. The van der Waals surface area contributed by atoms with E-state index < -0.39 is 11.8 Å². The summed E-state index contributed by atoms with van der Waals surface area (Å²) in [6.45, 7) is 3.46. The number of carbonyl (C=O) groups excluding carboxylic acids is 3. The lowest BCUT2D eigenvalue weighted by Crippen LogP contribution is -2.55. The van der Waals surface area contributed by atoms with Crippen LogP contribution in [0.4, 0.5) is 0 Å². The highest BCUT2D eigenvalue weighted by Crippen LogP contribution is 1.96. The molecule has 0 spiro atoms. The molecule has 0 radical (unpaired) electrons. The molecule has 3 amide bonds. The Balaban J connectivity index is 2.42. The summed E-state index contributed by atoms with van der Waals surface area (Å²) in [5.41, 5.74) is 7.82. The van der Waals surface area contributed by atoms with Gasteiger partial charge in [0.2, 0.25) is 6.41 Å². The molecule has 1 aliphatic heterocycles. The molecular formula is C11H21N5O3. The van der Waals surface area contributed by atoms with Gasteiger partial charge in [0.05, 0.1) is 0 Å². The number of likely N-dealkylation sites (N-methyl/N-ethyl adjacent to an activating group) is 1. The van der Waals surface area contributed by atoms with E-state index in [1.54, 1.807) is 5.01 Å². The smallest absolute Gasteiger partial charge is 0.324 e. The van der Waals surface area contributed by atoms with Crippen molar-refractivity contribution in [1.29, 1.82) is 0 Å². The number of piperazine rings is 1. The molecule has 0 saturated carbocycles. The molecule has 0 atom stereocenters. The van der Waals surface area contributed by atoms with E-state index in [-0.39, 0.29) is 6.54 Å². The number of hydrogen-bond donors (Lipinski definition) is 2. The standard InChI is InChI=1S/C11H21N5O3/c1-14-5-7-16(8-6-14)13-10(18)11(19)15(9-17)4-2-3-12/h9H,2-8,12H2,1H3,(H,13,18). The van der Waals surface area contributed by atoms with E-state index in [0.717, 1.165) is 18.0 Å². The number of nitrogens with zero attached hydrogens (tertiary/aromatic N) is 3. The summed E-state index contributed by atoms with van der Waals surface area (Å²) in [6, 6.07) is 0. The van der Waals surface area contributed by atoms with Crippen LogP contribution in [0.15, 0.2) is 0 Å². The predicted molar refractivity (Wildman–Crippen MR) is 68.7 cm³/mol. The summed E-state index contributed by atoms with van der Waals surface area (Å²) in [5.74, 6) is -1.63. The minimum atomic E-state index is -0.845. The van der Waals surface area contributed by atoms with Gasteiger partial charge < -0.3 is 10.6 Å². The third-order valence-corrected chi connectivity index (χ3v) is 2.95. The van der Waals surface area contributed by atoms with Crippen LogP contribution in [0.5, 0.6) is 0 Å². The zero-order valence-electron chi connectivity index (χ0n) is 11.2. The van der Waals surface area contributed by atoms with Gasteiger partial charge in [-0.1, -0.05) is 0 Å². The molecule has 0 aliphatic carbocycles. The second-order valence-electron chi connectivity index (χ2n) is 4.48. The lowest BCUT2D eigenvalue weighted by molar-refractivity contribution is -0.151. The Labute approximate surface area is 112 Å². The average molecular weight is 271 g/mol. The van der Waals surface area contributed by atoms with Crippen LogP contribution in [0.25, 0.3) is 0 Å². The fraction of sp³-hybridized carbons (Fsp3) is 0.727.